The van der Waals surface area contributed by atoms with E-state index in [2.05, 4.69) is 47.8 Å². The summed E-state index contributed by atoms with van der Waals surface area (Å²) in [5.41, 5.74) is 0. The Morgan fingerprint density at radius 3 is 2.44 bits per heavy atom. The predicted molar refractivity (Wildman–Crippen MR) is 72.9 cm³/mol. The van der Waals surface area contributed by atoms with E-state index in [1.54, 1.807) is 0 Å². The van der Waals surface area contributed by atoms with Crippen molar-refractivity contribution in [1.29, 1.82) is 0 Å². The maximum Gasteiger partial charge on any atom is 0.134 e. The first kappa shape index (κ1) is 14.4. The molecule has 0 saturated heterocycles. The second-order valence-electron chi connectivity index (χ2n) is 2.86. The maximum atomic E-state index is 8.51. The topological polar surface area (TPSA) is 38.7 Å². The molecule has 0 saturated carbocycles. The van der Waals surface area contributed by atoms with Crippen LogP contribution >= 0.6 is 47.8 Å². The summed E-state index contributed by atoms with van der Waals surface area (Å²) in [5.74, 6) is 0.752. The average molecular weight is 419 g/mol. The summed E-state index contributed by atoms with van der Waals surface area (Å²) in [6.45, 7) is 1.29. The van der Waals surface area contributed by atoms with Gasteiger partial charge in [0.1, 0.15) is 12.4 Å². The maximum absolute atomic E-state index is 8.51. The Labute approximate surface area is 120 Å². The van der Waals surface area contributed by atoms with Gasteiger partial charge in [-0.15, -0.1) is 0 Å². The highest BCUT2D eigenvalue weighted by atomic mass is 79.9. The van der Waals surface area contributed by atoms with E-state index in [4.69, 9.17) is 14.6 Å². The van der Waals surface area contributed by atoms with Crippen molar-refractivity contribution in [3.8, 4) is 5.75 Å². The number of hydrogen-bond acceptors (Lipinski definition) is 3. The van der Waals surface area contributed by atoms with Crippen LogP contribution < -0.4 is 4.74 Å². The molecule has 0 aliphatic rings. The van der Waals surface area contributed by atoms with Gasteiger partial charge in [0, 0.05) is 8.95 Å². The van der Waals surface area contributed by atoms with Crippen molar-refractivity contribution < 1.29 is 14.6 Å². The van der Waals surface area contributed by atoms with E-state index in [1.807, 2.05) is 12.1 Å². The highest BCUT2D eigenvalue weighted by Crippen LogP contribution is 2.37. The summed E-state index contributed by atoms with van der Waals surface area (Å²) in [6, 6.07) is 3.77. The Hall–Kier alpha value is 0.380. The van der Waals surface area contributed by atoms with Gasteiger partial charge in [0.25, 0.3) is 0 Å². The van der Waals surface area contributed by atoms with Gasteiger partial charge in [-0.1, -0.05) is 0 Å². The minimum absolute atomic E-state index is 0.0352. The van der Waals surface area contributed by atoms with Crippen LogP contribution in [-0.4, -0.2) is 31.5 Å². The van der Waals surface area contributed by atoms with Crippen LogP contribution in [0, 0.1) is 0 Å². The molecule has 0 bridgehead atoms. The first-order valence-electron chi connectivity index (χ1n) is 4.61. The van der Waals surface area contributed by atoms with Crippen molar-refractivity contribution in [3.63, 3.8) is 0 Å². The highest BCUT2D eigenvalue weighted by molar-refractivity contribution is 9.14. The SMILES string of the molecule is OCCOCCOc1ccc(Br)c(Br)c1Br. The fraction of sp³-hybridized carbons (Fsp3) is 0.400. The van der Waals surface area contributed by atoms with Crippen LogP contribution in [0.3, 0.4) is 0 Å². The molecule has 0 unspecified atom stereocenters. The predicted octanol–water partition coefficient (Wildman–Crippen LogP) is 3.36. The van der Waals surface area contributed by atoms with Gasteiger partial charge in [0.15, 0.2) is 0 Å². The van der Waals surface area contributed by atoms with Gasteiger partial charge in [-0.05, 0) is 59.9 Å². The molecule has 6 heteroatoms. The number of aliphatic hydroxyl groups excluding tert-OH is 1. The van der Waals surface area contributed by atoms with Crippen molar-refractivity contribution in [2.75, 3.05) is 26.4 Å². The molecule has 3 nitrogen and oxygen atoms in total. The van der Waals surface area contributed by atoms with Gasteiger partial charge in [0.05, 0.1) is 24.3 Å². The van der Waals surface area contributed by atoms with E-state index in [0.29, 0.717) is 19.8 Å². The zero-order chi connectivity index (χ0) is 12.0. The molecule has 1 N–H and O–H groups in total. The van der Waals surface area contributed by atoms with E-state index in [9.17, 15) is 0 Å². The van der Waals surface area contributed by atoms with Crippen molar-refractivity contribution in [1.82, 2.24) is 0 Å². The molecular formula is C10H11Br3O3. The Morgan fingerprint density at radius 2 is 1.75 bits per heavy atom. The zero-order valence-electron chi connectivity index (χ0n) is 8.38. The van der Waals surface area contributed by atoms with E-state index in [-0.39, 0.29) is 6.61 Å². The molecule has 90 valence electrons. The lowest BCUT2D eigenvalue weighted by molar-refractivity contribution is 0.0703. The molecule has 1 rings (SSSR count). The van der Waals surface area contributed by atoms with Gasteiger partial charge < -0.3 is 14.6 Å². The number of aliphatic hydroxyl groups is 1. The minimum Gasteiger partial charge on any atom is -0.490 e. The van der Waals surface area contributed by atoms with Gasteiger partial charge in [-0.3, -0.25) is 0 Å². The van der Waals surface area contributed by atoms with Crippen LogP contribution in [0.5, 0.6) is 5.75 Å². The van der Waals surface area contributed by atoms with E-state index in [0.717, 1.165) is 19.2 Å². The van der Waals surface area contributed by atoms with Crippen LogP contribution in [0.1, 0.15) is 0 Å². The first-order chi connectivity index (χ1) is 7.66. The second kappa shape index (κ2) is 7.66. The van der Waals surface area contributed by atoms with E-state index in [1.165, 1.54) is 0 Å². The number of halogens is 3. The third kappa shape index (κ3) is 4.33. The molecule has 1 aromatic rings. The average Bonchev–Trinajstić information content (AvgIpc) is 2.28. The zero-order valence-corrected chi connectivity index (χ0v) is 13.1. The summed E-state index contributed by atoms with van der Waals surface area (Å²) in [4.78, 5) is 0. The van der Waals surface area contributed by atoms with Gasteiger partial charge in [0.2, 0.25) is 0 Å². The van der Waals surface area contributed by atoms with Crippen LogP contribution in [0.4, 0.5) is 0 Å². The standard InChI is InChI=1S/C10H11Br3O3/c11-7-1-2-8(10(13)9(7)12)16-6-5-15-4-3-14/h1-2,14H,3-6H2. The van der Waals surface area contributed by atoms with Gasteiger partial charge in [-0.25, -0.2) is 0 Å². The minimum atomic E-state index is 0.0352. The van der Waals surface area contributed by atoms with Crippen LogP contribution in [0.2, 0.25) is 0 Å². The lowest BCUT2D eigenvalue weighted by atomic mass is 10.3. The molecule has 0 amide bonds. The Balaban J connectivity index is 2.45. The molecule has 1 aromatic carbocycles. The van der Waals surface area contributed by atoms with E-state index < -0.39 is 0 Å². The summed E-state index contributed by atoms with van der Waals surface area (Å²) in [6.07, 6.45) is 0. The third-order valence-electron chi connectivity index (χ3n) is 1.72. The van der Waals surface area contributed by atoms with Crippen LogP contribution in [0.25, 0.3) is 0 Å². The third-order valence-corrected chi connectivity index (χ3v) is 5.06. The van der Waals surface area contributed by atoms with Crippen molar-refractivity contribution in [3.05, 3.63) is 25.6 Å². The number of hydrogen-bond donors (Lipinski definition) is 1. The fourth-order valence-corrected chi connectivity index (χ4v) is 2.38. The number of ether oxygens (including phenoxy) is 2. The summed E-state index contributed by atoms with van der Waals surface area (Å²) in [5, 5.41) is 8.51. The lowest BCUT2D eigenvalue weighted by Crippen LogP contribution is -2.09. The van der Waals surface area contributed by atoms with Crippen LogP contribution in [0.15, 0.2) is 25.6 Å². The first-order valence-corrected chi connectivity index (χ1v) is 6.99. The summed E-state index contributed by atoms with van der Waals surface area (Å²) >= 11 is 10.3. The van der Waals surface area contributed by atoms with Gasteiger partial charge in [-0.2, -0.15) is 0 Å². The molecule has 0 aliphatic carbocycles. The lowest BCUT2D eigenvalue weighted by Gasteiger charge is -2.10. The molecule has 0 spiro atoms. The molecule has 0 aromatic heterocycles. The van der Waals surface area contributed by atoms with Crippen LogP contribution in [-0.2, 0) is 4.74 Å². The van der Waals surface area contributed by atoms with Crippen molar-refractivity contribution in [2.24, 2.45) is 0 Å². The second-order valence-corrected chi connectivity index (χ2v) is 5.30. The quantitative estimate of drug-likeness (QED) is 0.568. The molecule has 0 radical (unpaired) electrons. The summed E-state index contributed by atoms with van der Waals surface area (Å²) in [7, 11) is 0. The Morgan fingerprint density at radius 1 is 1.00 bits per heavy atom. The molecule has 0 fully saturated rings. The Bertz CT molecular complexity index is 344. The fourth-order valence-electron chi connectivity index (χ4n) is 0.997. The Kier molecular flexibility index (Phi) is 6.91. The normalized spacial score (nSPS) is 10.5. The largest absolute Gasteiger partial charge is 0.490 e. The number of benzene rings is 1. The highest BCUT2D eigenvalue weighted by Gasteiger charge is 2.08. The molecule has 0 heterocycles. The number of rotatable bonds is 6. The monoisotopic (exact) mass is 416 g/mol. The van der Waals surface area contributed by atoms with Crippen molar-refractivity contribution in [2.45, 2.75) is 0 Å². The smallest absolute Gasteiger partial charge is 0.134 e. The van der Waals surface area contributed by atoms with Gasteiger partial charge >= 0.3 is 0 Å². The summed E-state index contributed by atoms with van der Waals surface area (Å²) < 4.78 is 13.3. The molecule has 16 heavy (non-hydrogen) atoms. The van der Waals surface area contributed by atoms with E-state index >= 15 is 0 Å². The molecule has 0 atom stereocenters. The molecular weight excluding hydrogens is 408 g/mol. The molecule has 0 aliphatic heterocycles. The van der Waals surface area contributed by atoms with Crippen molar-refractivity contribution >= 4 is 47.8 Å².